The molecule has 0 spiro atoms. The number of anilines is 1. The summed E-state index contributed by atoms with van der Waals surface area (Å²) in [5.41, 5.74) is 8.01. The zero-order chi connectivity index (χ0) is 21.3. The van der Waals surface area contributed by atoms with Gasteiger partial charge in [0.15, 0.2) is 8.32 Å². The molecule has 158 valence electrons. The number of benzene rings is 1. The number of amides is 1. The van der Waals surface area contributed by atoms with Gasteiger partial charge in [0.1, 0.15) is 0 Å². The Morgan fingerprint density at radius 2 is 1.89 bits per heavy atom. The van der Waals surface area contributed by atoms with Gasteiger partial charge in [0, 0.05) is 17.3 Å². The molecule has 0 bridgehead atoms. The van der Waals surface area contributed by atoms with Crippen LogP contribution in [0.2, 0.25) is 23.2 Å². The predicted octanol–water partition coefficient (Wildman–Crippen LogP) is 5.78. The van der Waals surface area contributed by atoms with E-state index in [4.69, 9.17) is 21.8 Å². The van der Waals surface area contributed by atoms with E-state index in [0.29, 0.717) is 11.6 Å². The standard InChI is InChI=1S/C22H37ClN2O2Si/c1-21(2,3)28(6,7)27-11-10-22(4,5)13-15(14-24)19-17-9-8-16(23)12-18(17)25-20(19)26/h8-9,12,15,19H,10-11,13-14,24H2,1-7H3,(H,25,26). The Kier molecular flexibility index (Phi) is 7.07. The Morgan fingerprint density at radius 3 is 2.46 bits per heavy atom. The molecule has 0 saturated heterocycles. The van der Waals surface area contributed by atoms with E-state index in [0.717, 1.165) is 30.7 Å². The molecule has 4 nitrogen and oxygen atoms in total. The summed E-state index contributed by atoms with van der Waals surface area (Å²) >= 11 is 6.08. The maximum atomic E-state index is 12.7. The predicted molar refractivity (Wildman–Crippen MR) is 122 cm³/mol. The molecule has 6 heteroatoms. The van der Waals surface area contributed by atoms with Crippen LogP contribution in [0.4, 0.5) is 5.69 Å². The van der Waals surface area contributed by atoms with E-state index in [1.165, 1.54) is 0 Å². The normalized spacial score (nSPS) is 18.8. The van der Waals surface area contributed by atoms with Crippen LogP contribution in [0.3, 0.4) is 0 Å². The fourth-order valence-corrected chi connectivity index (χ4v) is 4.89. The van der Waals surface area contributed by atoms with Crippen molar-refractivity contribution in [2.24, 2.45) is 17.1 Å². The highest BCUT2D eigenvalue weighted by Crippen LogP contribution is 2.43. The first kappa shape index (κ1) is 23.4. The molecule has 3 N–H and O–H groups in total. The zero-order valence-corrected chi connectivity index (χ0v) is 20.2. The monoisotopic (exact) mass is 424 g/mol. The summed E-state index contributed by atoms with van der Waals surface area (Å²) in [6.07, 6.45) is 1.84. The summed E-state index contributed by atoms with van der Waals surface area (Å²) in [5, 5.41) is 3.81. The molecule has 0 aliphatic carbocycles. The van der Waals surface area contributed by atoms with Crippen molar-refractivity contribution in [2.75, 3.05) is 18.5 Å². The van der Waals surface area contributed by atoms with Crippen molar-refractivity contribution in [1.29, 1.82) is 0 Å². The molecule has 28 heavy (non-hydrogen) atoms. The van der Waals surface area contributed by atoms with E-state index in [-0.39, 0.29) is 28.2 Å². The molecule has 1 heterocycles. The van der Waals surface area contributed by atoms with Gasteiger partial charge in [-0.2, -0.15) is 0 Å². The molecule has 1 aromatic carbocycles. The number of carbonyl (C=O) groups is 1. The third kappa shape index (κ3) is 5.38. The topological polar surface area (TPSA) is 64.3 Å². The van der Waals surface area contributed by atoms with Gasteiger partial charge >= 0.3 is 0 Å². The van der Waals surface area contributed by atoms with Gasteiger partial charge in [-0.05, 0) is 66.5 Å². The Bertz CT molecular complexity index is 713. The highest BCUT2D eigenvalue weighted by Gasteiger charge is 2.40. The van der Waals surface area contributed by atoms with Crippen molar-refractivity contribution in [3.05, 3.63) is 28.8 Å². The number of nitrogens with one attached hydrogen (secondary N) is 1. The minimum absolute atomic E-state index is 0.0287. The van der Waals surface area contributed by atoms with Gasteiger partial charge in [-0.15, -0.1) is 0 Å². The molecule has 1 amide bonds. The summed E-state index contributed by atoms with van der Waals surface area (Å²) in [5.74, 6) is -0.0933. The largest absolute Gasteiger partial charge is 0.417 e. The second-order valence-corrected chi connectivity index (χ2v) is 15.7. The van der Waals surface area contributed by atoms with Crippen LogP contribution < -0.4 is 11.1 Å². The average molecular weight is 425 g/mol. The van der Waals surface area contributed by atoms with E-state index in [2.05, 4.69) is 53.0 Å². The van der Waals surface area contributed by atoms with Gasteiger partial charge in [0.2, 0.25) is 5.91 Å². The van der Waals surface area contributed by atoms with Crippen LogP contribution in [0.15, 0.2) is 18.2 Å². The van der Waals surface area contributed by atoms with Gasteiger partial charge < -0.3 is 15.5 Å². The molecule has 2 atom stereocenters. The molecule has 2 rings (SSSR count). The number of fused-ring (bicyclic) bond motifs is 1. The third-order valence-corrected chi connectivity index (χ3v) is 11.3. The van der Waals surface area contributed by atoms with Gasteiger partial charge in [0.05, 0.1) is 5.92 Å². The second kappa shape index (κ2) is 8.47. The van der Waals surface area contributed by atoms with Gasteiger partial charge in [-0.1, -0.05) is 52.3 Å². The minimum Gasteiger partial charge on any atom is -0.417 e. The molecule has 0 saturated carbocycles. The molecule has 0 radical (unpaired) electrons. The fraction of sp³-hybridized carbons (Fsp3) is 0.682. The molecular weight excluding hydrogens is 388 g/mol. The second-order valence-electron chi connectivity index (χ2n) is 10.4. The highest BCUT2D eigenvalue weighted by atomic mass is 35.5. The number of nitrogens with two attached hydrogens (primary N) is 1. The molecule has 1 aliphatic rings. The van der Waals surface area contributed by atoms with Crippen molar-refractivity contribution in [1.82, 2.24) is 0 Å². The number of rotatable bonds is 8. The van der Waals surface area contributed by atoms with Crippen molar-refractivity contribution < 1.29 is 9.22 Å². The molecule has 0 aromatic heterocycles. The van der Waals surface area contributed by atoms with Crippen LogP contribution in [0.1, 0.15) is 58.9 Å². The lowest BCUT2D eigenvalue weighted by molar-refractivity contribution is -0.118. The van der Waals surface area contributed by atoms with Crippen molar-refractivity contribution >= 4 is 31.5 Å². The summed E-state index contributed by atoms with van der Waals surface area (Å²) in [6, 6.07) is 5.62. The van der Waals surface area contributed by atoms with Crippen LogP contribution in [-0.2, 0) is 9.22 Å². The number of halogens is 1. The molecule has 0 fully saturated rings. The van der Waals surface area contributed by atoms with Crippen LogP contribution in [0.25, 0.3) is 0 Å². The molecule has 2 unspecified atom stereocenters. The van der Waals surface area contributed by atoms with Crippen molar-refractivity contribution in [2.45, 2.75) is 71.5 Å². The van der Waals surface area contributed by atoms with Crippen LogP contribution in [-0.4, -0.2) is 27.4 Å². The van der Waals surface area contributed by atoms with Crippen LogP contribution >= 0.6 is 11.6 Å². The fourth-order valence-electron chi connectivity index (χ4n) is 3.68. The summed E-state index contributed by atoms with van der Waals surface area (Å²) < 4.78 is 6.37. The first-order valence-corrected chi connectivity index (χ1v) is 13.5. The van der Waals surface area contributed by atoms with E-state index in [9.17, 15) is 4.79 Å². The quantitative estimate of drug-likeness (QED) is 0.520. The number of hydrogen-bond acceptors (Lipinski definition) is 3. The Hall–Kier alpha value is -0.883. The van der Waals surface area contributed by atoms with Gasteiger partial charge in [0.25, 0.3) is 0 Å². The maximum absolute atomic E-state index is 12.7. The first-order chi connectivity index (χ1) is 12.8. The highest BCUT2D eigenvalue weighted by molar-refractivity contribution is 6.74. The van der Waals surface area contributed by atoms with E-state index in [1.54, 1.807) is 0 Å². The molecule has 1 aliphatic heterocycles. The lowest BCUT2D eigenvalue weighted by Crippen LogP contribution is -2.41. The Labute approximate surface area is 176 Å². The lowest BCUT2D eigenvalue weighted by Gasteiger charge is -2.38. The Balaban J connectivity index is 2.05. The third-order valence-electron chi connectivity index (χ3n) is 6.53. The summed E-state index contributed by atoms with van der Waals surface area (Å²) in [4.78, 5) is 12.7. The number of carbonyl (C=O) groups excluding carboxylic acids is 1. The zero-order valence-electron chi connectivity index (χ0n) is 18.5. The van der Waals surface area contributed by atoms with Crippen LogP contribution in [0, 0.1) is 11.3 Å². The van der Waals surface area contributed by atoms with Crippen LogP contribution in [0.5, 0.6) is 0 Å². The summed E-state index contributed by atoms with van der Waals surface area (Å²) in [7, 11) is -1.74. The maximum Gasteiger partial charge on any atom is 0.232 e. The van der Waals surface area contributed by atoms with E-state index in [1.807, 2.05) is 18.2 Å². The lowest BCUT2D eigenvalue weighted by atomic mass is 9.74. The van der Waals surface area contributed by atoms with Gasteiger partial charge in [-0.25, -0.2) is 0 Å². The smallest absolute Gasteiger partial charge is 0.232 e. The van der Waals surface area contributed by atoms with E-state index >= 15 is 0 Å². The summed E-state index contributed by atoms with van der Waals surface area (Å²) in [6.45, 7) is 17.1. The average Bonchev–Trinajstić information content (AvgIpc) is 2.86. The van der Waals surface area contributed by atoms with Gasteiger partial charge in [-0.3, -0.25) is 4.79 Å². The first-order valence-electron chi connectivity index (χ1n) is 10.2. The van der Waals surface area contributed by atoms with Crippen molar-refractivity contribution in [3.63, 3.8) is 0 Å². The molecular formula is C22H37ClN2O2Si. The minimum atomic E-state index is -1.74. The molecule has 1 aromatic rings. The van der Waals surface area contributed by atoms with Crippen molar-refractivity contribution in [3.8, 4) is 0 Å². The Morgan fingerprint density at radius 1 is 1.25 bits per heavy atom. The number of hydrogen-bond donors (Lipinski definition) is 2. The van der Waals surface area contributed by atoms with E-state index < -0.39 is 8.32 Å². The SMILES string of the molecule is CC(C)(CCO[Si](C)(C)C(C)(C)C)CC(CN)C1C(=O)Nc2cc(Cl)ccc21.